The Labute approximate surface area is 118 Å². The van der Waals surface area contributed by atoms with E-state index in [2.05, 4.69) is 22.5 Å². The Balaban J connectivity index is 2.03. The monoisotopic (exact) mass is 276 g/mol. The second kappa shape index (κ2) is 5.48. The van der Waals surface area contributed by atoms with Gasteiger partial charge in [0.05, 0.1) is 6.54 Å². The molecule has 1 fully saturated rings. The van der Waals surface area contributed by atoms with Gasteiger partial charge in [-0.05, 0) is 31.9 Å². The van der Waals surface area contributed by atoms with Gasteiger partial charge in [-0.3, -0.25) is 9.69 Å². The summed E-state index contributed by atoms with van der Waals surface area (Å²) in [7, 11) is 0. The number of aromatic nitrogens is 1. The van der Waals surface area contributed by atoms with Crippen LogP contribution in [-0.4, -0.2) is 33.9 Å². The van der Waals surface area contributed by atoms with Gasteiger partial charge >= 0.3 is 6.03 Å². The van der Waals surface area contributed by atoms with Crippen molar-refractivity contribution >= 4 is 17.8 Å². The van der Waals surface area contributed by atoms with Crippen LogP contribution in [0.4, 0.5) is 10.6 Å². The minimum Gasteiger partial charge on any atom is -0.370 e. The molecule has 1 aromatic heterocycles. The van der Waals surface area contributed by atoms with Crippen LogP contribution in [0.2, 0.25) is 0 Å². The molecule has 0 unspecified atom stereocenters. The maximum absolute atomic E-state index is 12.1. The van der Waals surface area contributed by atoms with Crippen LogP contribution in [0, 0.1) is 0 Å². The summed E-state index contributed by atoms with van der Waals surface area (Å²) in [5.74, 6) is 0.587. The SMILES string of the molecule is CCCNc1ccc(CN2C(=O)NC(C)(C)C2=O)cn1. The molecule has 108 valence electrons. The number of carbonyl (C=O) groups is 2. The van der Waals surface area contributed by atoms with E-state index in [0.717, 1.165) is 24.3 Å². The molecular formula is C14H20N4O2. The average Bonchev–Trinajstić information content (AvgIpc) is 2.60. The molecule has 2 heterocycles. The molecular weight excluding hydrogens is 256 g/mol. The summed E-state index contributed by atoms with van der Waals surface area (Å²) in [6.07, 6.45) is 2.71. The first kappa shape index (κ1) is 14.3. The molecule has 0 radical (unpaired) electrons. The van der Waals surface area contributed by atoms with Crippen LogP contribution in [0.3, 0.4) is 0 Å². The number of anilines is 1. The normalized spacial score (nSPS) is 17.2. The van der Waals surface area contributed by atoms with Gasteiger partial charge in [-0.1, -0.05) is 13.0 Å². The third-order valence-electron chi connectivity index (χ3n) is 3.17. The number of imide groups is 1. The molecule has 0 saturated carbocycles. The molecule has 1 aliphatic heterocycles. The molecule has 3 amide bonds. The summed E-state index contributed by atoms with van der Waals surface area (Å²) in [6, 6.07) is 3.37. The molecule has 0 atom stereocenters. The van der Waals surface area contributed by atoms with E-state index in [1.54, 1.807) is 20.0 Å². The van der Waals surface area contributed by atoms with Crippen LogP contribution >= 0.6 is 0 Å². The molecule has 0 bridgehead atoms. The molecule has 0 spiro atoms. The third kappa shape index (κ3) is 2.89. The van der Waals surface area contributed by atoms with Crippen molar-refractivity contribution in [2.24, 2.45) is 0 Å². The lowest BCUT2D eigenvalue weighted by Gasteiger charge is -2.16. The van der Waals surface area contributed by atoms with Gasteiger partial charge in [0, 0.05) is 12.7 Å². The number of rotatable bonds is 5. The lowest BCUT2D eigenvalue weighted by Crippen LogP contribution is -2.40. The van der Waals surface area contributed by atoms with Crippen molar-refractivity contribution in [3.63, 3.8) is 0 Å². The van der Waals surface area contributed by atoms with Crippen molar-refractivity contribution in [2.75, 3.05) is 11.9 Å². The van der Waals surface area contributed by atoms with Gasteiger partial charge in [-0.15, -0.1) is 0 Å². The van der Waals surface area contributed by atoms with E-state index in [1.807, 2.05) is 12.1 Å². The highest BCUT2D eigenvalue weighted by atomic mass is 16.2. The summed E-state index contributed by atoms with van der Waals surface area (Å²) in [5, 5.41) is 5.83. The van der Waals surface area contributed by atoms with Crippen LogP contribution in [-0.2, 0) is 11.3 Å². The summed E-state index contributed by atoms with van der Waals surface area (Å²) in [4.78, 5) is 29.3. The summed E-state index contributed by atoms with van der Waals surface area (Å²) >= 11 is 0. The van der Waals surface area contributed by atoms with E-state index < -0.39 is 5.54 Å². The lowest BCUT2D eigenvalue weighted by molar-refractivity contribution is -0.130. The largest absolute Gasteiger partial charge is 0.370 e. The number of carbonyl (C=O) groups excluding carboxylic acids is 2. The topological polar surface area (TPSA) is 74.3 Å². The number of urea groups is 1. The highest BCUT2D eigenvalue weighted by Crippen LogP contribution is 2.19. The first-order valence-electron chi connectivity index (χ1n) is 6.77. The maximum atomic E-state index is 12.1. The number of nitrogens with zero attached hydrogens (tertiary/aromatic N) is 2. The van der Waals surface area contributed by atoms with Crippen molar-refractivity contribution in [3.05, 3.63) is 23.9 Å². The standard InChI is InChI=1S/C14H20N4O2/c1-4-7-15-11-6-5-10(8-16-11)9-18-12(19)14(2,3)17-13(18)20/h5-6,8H,4,7,9H2,1-3H3,(H,15,16)(H,17,20). The molecule has 0 aliphatic carbocycles. The lowest BCUT2D eigenvalue weighted by atomic mass is 10.1. The van der Waals surface area contributed by atoms with E-state index in [4.69, 9.17) is 0 Å². The maximum Gasteiger partial charge on any atom is 0.325 e. The van der Waals surface area contributed by atoms with Crippen molar-refractivity contribution in [1.82, 2.24) is 15.2 Å². The summed E-state index contributed by atoms with van der Waals surface area (Å²) < 4.78 is 0. The van der Waals surface area contributed by atoms with Gasteiger partial charge < -0.3 is 10.6 Å². The second-order valence-corrected chi connectivity index (χ2v) is 5.42. The molecule has 2 N–H and O–H groups in total. The Morgan fingerprint density at radius 3 is 2.60 bits per heavy atom. The van der Waals surface area contributed by atoms with E-state index in [9.17, 15) is 9.59 Å². The number of nitrogens with one attached hydrogen (secondary N) is 2. The number of pyridine rings is 1. The first-order valence-corrected chi connectivity index (χ1v) is 6.77. The molecule has 20 heavy (non-hydrogen) atoms. The molecule has 6 nitrogen and oxygen atoms in total. The fourth-order valence-electron chi connectivity index (χ4n) is 2.02. The zero-order valence-electron chi connectivity index (χ0n) is 12.1. The molecule has 6 heteroatoms. The fourth-order valence-corrected chi connectivity index (χ4v) is 2.02. The number of hydrogen-bond acceptors (Lipinski definition) is 4. The third-order valence-corrected chi connectivity index (χ3v) is 3.17. The highest BCUT2D eigenvalue weighted by molar-refractivity contribution is 6.06. The van der Waals surface area contributed by atoms with Gasteiger partial charge in [-0.2, -0.15) is 0 Å². The second-order valence-electron chi connectivity index (χ2n) is 5.42. The average molecular weight is 276 g/mol. The Hall–Kier alpha value is -2.11. The molecule has 1 aliphatic rings. The number of amides is 3. The Morgan fingerprint density at radius 2 is 2.10 bits per heavy atom. The van der Waals surface area contributed by atoms with Gasteiger partial charge in [0.1, 0.15) is 11.4 Å². The van der Waals surface area contributed by atoms with Gasteiger partial charge in [-0.25, -0.2) is 9.78 Å². The number of hydrogen-bond donors (Lipinski definition) is 2. The van der Waals surface area contributed by atoms with Crippen LogP contribution in [0.1, 0.15) is 32.8 Å². The predicted molar refractivity (Wildman–Crippen MR) is 76.2 cm³/mol. The van der Waals surface area contributed by atoms with E-state index in [0.29, 0.717) is 0 Å². The molecule has 2 rings (SSSR count). The van der Waals surface area contributed by atoms with E-state index in [1.165, 1.54) is 4.90 Å². The van der Waals surface area contributed by atoms with Crippen molar-refractivity contribution in [2.45, 2.75) is 39.3 Å². The summed E-state index contributed by atoms with van der Waals surface area (Å²) in [5.41, 5.74) is 0.000826. The fraction of sp³-hybridized carbons (Fsp3) is 0.500. The Morgan fingerprint density at radius 1 is 1.35 bits per heavy atom. The minimum absolute atomic E-state index is 0.212. The first-order chi connectivity index (χ1) is 9.44. The van der Waals surface area contributed by atoms with Gasteiger partial charge in [0.25, 0.3) is 5.91 Å². The molecule has 0 aromatic carbocycles. The quantitative estimate of drug-likeness (QED) is 0.803. The van der Waals surface area contributed by atoms with Crippen molar-refractivity contribution in [1.29, 1.82) is 0 Å². The zero-order valence-corrected chi connectivity index (χ0v) is 12.1. The predicted octanol–water partition coefficient (Wildman–Crippen LogP) is 1.73. The van der Waals surface area contributed by atoms with Crippen molar-refractivity contribution < 1.29 is 9.59 Å². The summed E-state index contributed by atoms with van der Waals surface area (Å²) in [6.45, 7) is 6.59. The van der Waals surface area contributed by atoms with Crippen LogP contribution in [0.5, 0.6) is 0 Å². The van der Waals surface area contributed by atoms with E-state index in [-0.39, 0.29) is 18.5 Å². The van der Waals surface area contributed by atoms with Crippen LogP contribution < -0.4 is 10.6 Å². The van der Waals surface area contributed by atoms with Gasteiger partial charge in [0.15, 0.2) is 0 Å². The van der Waals surface area contributed by atoms with E-state index >= 15 is 0 Å². The zero-order chi connectivity index (χ0) is 14.8. The van der Waals surface area contributed by atoms with Crippen molar-refractivity contribution in [3.8, 4) is 0 Å². The van der Waals surface area contributed by atoms with Crippen LogP contribution in [0.15, 0.2) is 18.3 Å². The Bertz CT molecular complexity index is 510. The molecule has 1 saturated heterocycles. The van der Waals surface area contributed by atoms with Crippen LogP contribution in [0.25, 0.3) is 0 Å². The highest BCUT2D eigenvalue weighted by Gasteiger charge is 2.44. The smallest absolute Gasteiger partial charge is 0.325 e. The Kier molecular flexibility index (Phi) is 3.92. The van der Waals surface area contributed by atoms with Gasteiger partial charge in [0.2, 0.25) is 0 Å². The minimum atomic E-state index is -0.826. The molecule has 1 aromatic rings.